The molecule has 5 N–H and O–H groups in total. The molecule has 1 aromatic heterocycles. The molecule has 0 aliphatic rings. The van der Waals surface area contributed by atoms with Crippen molar-refractivity contribution in [3.63, 3.8) is 0 Å². The number of aliphatic carboxylic acids is 2. The van der Waals surface area contributed by atoms with E-state index in [1.165, 1.54) is 36.5 Å². The van der Waals surface area contributed by atoms with Gasteiger partial charge in [0.1, 0.15) is 11.6 Å². The Hall–Kier alpha value is -3.88. The van der Waals surface area contributed by atoms with Crippen molar-refractivity contribution in [3.05, 3.63) is 69.6 Å². The van der Waals surface area contributed by atoms with E-state index >= 15 is 0 Å². The predicted octanol–water partition coefficient (Wildman–Crippen LogP) is 2.47. The molecule has 198 valence electrons. The van der Waals surface area contributed by atoms with Crippen LogP contribution < -0.4 is 16.6 Å². The van der Waals surface area contributed by atoms with Crippen LogP contribution in [0, 0.1) is 0 Å². The van der Waals surface area contributed by atoms with E-state index in [4.69, 9.17) is 15.6 Å². The van der Waals surface area contributed by atoms with Crippen molar-refractivity contribution in [1.82, 2.24) is 9.88 Å². The first kappa shape index (κ1) is 30.2. The van der Waals surface area contributed by atoms with E-state index in [0.717, 1.165) is 10.6 Å². The van der Waals surface area contributed by atoms with Gasteiger partial charge in [0.15, 0.2) is 0 Å². The molecular formula is C21H21F6N3O6. The number of halogens is 6. The maximum absolute atomic E-state index is 13.2. The standard InChI is InChI=1S/C19H20F3N3O4.C2HF3O2/c20-19(21,22)14-7-2-1-5-12(14)11-25-10-4-6-13(17(25)27)16(26)24-15(18(28)29)8-3-9-23;3-2(4,5)1(6)7/h1-2,4-7,10,15H,3,8-9,11,23H2,(H,24,26)(H,28,29);(H,6,7)/t15-;/m0./s1. The second-order valence-corrected chi connectivity index (χ2v) is 7.11. The minimum atomic E-state index is -5.08. The second kappa shape index (κ2) is 12.7. The van der Waals surface area contributed by atoms with Gasteiger partial charge in [-0.15, -0.1) is 0 Å². The summed E-state index contributed by atoms with van der Waals surface area (Å²) >= 11 is 0. The molecule has 2 aromatic rings. The minimum Gasteiger partial charge on any atom is -0.480 e. The molecule has 9 nitrogen and oxygen atoms in total. The molecular weight excluding hydrogens is 504 g/mol. The first-order valence-electron chi connectivity index (χ1n) is 9.98. The Morgan fingerprint density at radius 3 is 2.08 bits per heavy atom. The molecule has 1 heterocycles. The smallest absolute Gasteiger partial charge is 0.480 e. The van der Waals surface area contributed by atoms with Crippen LogP contribution in [0.1, 0.15) is 34.3 Å². The highest BCUT2D eigenvalue weighted by molar-refractivity contribution is 5.96. The average Bonchev–Trinajstić information content (AvgIpc) is 2.77. The van der Waals surface area contributed by atoms with Crippen LogP contribution in [0.5, 0.6) is 0 Å². The van der Waals surface area contributed by atoms with E-state index in [9.17, 15) is 45.8 Å². The quantitative estimate of drug-likeness (QED) is 0.387. The van der Waals surface area contributed by atoms with Gasteiger partial charge in [0.2, 0.25) is 0 Å². The summed E-state index contributed by atoms with van der Waals surface area (Å²) in [5.41, 5.74) is 3.13. The maximum atomic E-state index is 13.2. The van der Waals surface area contributed by atoms with Gasteiger partial charge in [-0.3, -0.25) is 9.59 Å². The van der Waals surface area contributed by atoms with Crippen LogP contribution >= 0.6 is 0 Å². The third-order valence-electron chi connectivity index (χ3n) is 4.47. The molecule has 0 radical (unpaired) electrons. The Balaban J connectivity index is 0.000000809. The molecule has 1 amide bonds. The highest BCUT2D eigenvalue weighted by Gasteiger charge is 2.38. The molecule has 0 aliphatic carbocycles. The molecule has 1 atom stereocenters. The van der Waals surface area contributed by atoms with Crippen LogP contribution in [0.15, 0.2) is 47.4 Å². The van der Waals surface area contributed by atoms with Crippen LogP contribution in [0.25, 0.3) is 0 Å². The summed E-state index contributed by atoms with van der Waals surface area (Å²) in [5.74, 6) is -4.95. The van der Waals surface area contributed by atoms with E-state index in [2.05, 4.69) is 5.32 Å². The highest BCUT2D eigenvalue weighted by Crippen LogP contribution is 2.32. The van der Waals surface area contributed by atoms with Crippen molar-refractivity contribution >= 4 is 17.8 Å². The SMILES string of the molecule is NCCC[C@H](NC(=O)c1cccn(Cc2ccccc2C(F)(F)F)c1=O)C(=O)O.O=C(O)C(F)(F)F. The summed E-state index contributed by atoms with van der Waals surface area (Å²) in [7, 11) is 0. The number of carbonyl (C=O) groups is 3. The summed E-state index contributed by atoms with van der Waals surface area (Å²) in [6.07, 6.45) is -7.98. The lowest BCUT2D eigenvalue weighted by Gasteiger charge is -2.16. The number of hydrogen-bond donors (Lipinski definition) is 4. The van der Waals surface area contributed by atoms with Crippen molar-refractivity contribution in [2.75, 3.05) is 6.54 Å². The number of nitrogens with one attached hydrogen (secondary N) is 1. The van der Waals surface area contributed by atoms with Gasteiger partial charge in [-0.25, -0.2) is 9.59 Å². The Morgan fingerprint density at radius 1 is 1.00 bits per heavy atom. The monoisotopic (exact) mass is 525 g/mol. The summed E-state index contributed by atoms with van der Waals surface area (Å²) in [5, 5.41) is 18.5. The summed E-state index contributed by atoms with van der Waals surface area (Å²) in [6.45, 7) is -0.165. The third kappa shape index (κ3) is 9.05. The number of pyridine rings is 1. The number of alkyl halides is 6. The van der Waals surface area contributed by atoms with Crippen molar-refractivity contribution in [2.45, 2.75) is 37.8 Å². The van der Waals surface area contributed by atoms with Gasteiger partial charge in [0.25, 0.3) is 11.5 Å². The van der Waals surface area contributed by atoms with Gasteiger partial charge >= 0.3 is 24.3 Å². The Kier molecular flexibility index (Phi) is 10.6. The number of rotatable bonds is 8. The zero-order valence-corrected chi connectivity index (χ0v) is 18.3. The molecule has 15 heteroatoms. The van der Waals surface area contributed by atoms with E-state index in [1.54, 1.807) is 0 Å². The highest BCUT2D eigenvalue weighted by atomic mass is 19.4. The Morgan fingerprint density at radius 2 is 1.58 bits per heavy atom. The Bertz CT molecular complexity index is 1130. The van der Waals surface area contributed by atoms with Crippen molar-refractivity contribution in [2.24, 2.45) is 5.73 Å². The molecule has 0 unspecified atom stereocenters. The van der Waals surface area contributed by atoms with Crippen LogP contribution in [0.3, 0.4) is 0 Å². The van der Waals surface area contributed by atoms with Crippen LogP contribution in [-0.2, 0) is 22.3 Å². The predicted molar refractivity (Wildman–Crippen MR) is 112 cm³/mol. The van der Waals surface area contributed by atoms with E-state index in [-0.39, 0.29) is 24.1 Å². The van der Waals surface area contributed by atoms with Crippen molar-refractivity contribution < 1.29 is 50.9 Å². The van der Waals surface area contributed by atoms with Gasteiger partial charge in [-0.2, -0.15) is 26.3 Å². The fraction of sp³-hybridized carbons (Fsp3) is 0.333. The maximum Gasteiger partial charge on any atom is 0.490 e. The summed E-state index contributed by atoms with van der Waals surface area (Å²) < 4.78 is 72.2. The van der Waals surface area contributed by atoms with Gasteiger partial charge in [-0.1, -0.05) is 18.2 Å². The van der Waals surface area contributed by atoms with Gasteiger partial charge in [-0.05, 0) is 43.1 Å². The van der Waals surface area contributed by atoms with Gasteiger partial charge in [0, 0.05) is 6.20 Å². The lowest BCUT2D eigenvalue weighted by atomic mass is 10.1. The Labute approximate surface area is 199 Å². The molecule has 0 saturated carbocycles. The number of carboxylic acid groups (broad SMARTS) is 2. The zero-order valence-electron chi connectivity index (χ0n) is 18.3. The number of hydrogen-bond acceptors (Lipinski definition) is 5. The van der Waals surface area contributed by atoms with Crippen LogP contribution in [0.2, 0.25) is 0 Å². The molecule has 0 spiro atoms. The number of amides is 1. The fourth-order valence-corrected chi connectivity index (χ4v) is 2.77. The molecule has 36 heavy (non-hydrogen) atoms. The second-order valence-electron chi connectivity index (χ2n) is 7.11. The molecule has 0 bridgehead atoms. The van der Waals surface area contributed by atoms with Crippen molar-refractivity contribution in [1.29, 1.82) is 0 Å². The largest absolute Gasteiger partial charge is 0.490 e. The minimum absolute atomic E-state index is 0.0809. The number of carboxylic acids is 2. The third-order valence-corrected chi connectivity index (χ3v) is 4.47. The van der Waals surface area contributed by atoms with Crippen LogP contribution in [0.4, 0.5) is 26.3 Å². The molecule has 2 rings (SSSR count). The molecule has 0 fully saturated rings. The van der Waals surface area contributed by atoms with E-state index in [1.807, 2.05) is 0 Å². The molecule has 0 aliphatic heterocycles. The lowest BCUT2D eigenvalue weighted by molar-refractivity contribution is -0.192. The molecule has 1 aromatic carbocycles. The number of carbonyl (C=O) groups excluding carboxylic acids is 1. The summed E-state index contributed by atoms with van der Waals surface area (Å²) in [6, 6.07) is 6.10. The number of aromatic nitrogens is 1. The van der Waals surface area contributed by atoms with Gasteiger partial charge in [0.05, 0.1) is 12.1 Å². The first-order chi connectivity index (χ1) is 16.6. The average molecular weight is 525 g/mol. The van der Waals surface area contributed by atoms with E-state index in [0.29, 0.717) is 6.42 Å². The normalized spacial score (nSPS) is 12.2. The summed E-state index contributed by atoms with van der Waals surface area (Å²) in [4.78, 5) is 45.1. The topological polar surface area (TPSA) is 152 Å². The number of benzene rings is 1. The number of nitrogens with zero attached hydrogens (tertiary/aromatic N) is 1. The lowest BCUT2D eigenvalue weighted by Crippen LogP contribution is -2.43. The van der Waals surface area contributed by atoms with Crippen molar-refractivity contribution in [3.8, 4) is 0 Å². The fourth-order valence-electron chi connectivity index (χ4n) is 2.77. The van der Waals surface area contributed by atoms with E-state index < -0.39 is 53.9 Å². The molecule has 0 saturated heterocycles. The van der Waals surface area contributed by atoms with Gasteiger partial charge < -0.3 is 25.8 Å². The first-order valence-corrected chi connectivity index (χ1v) is 9.98. The van der Waals surface area contributed by atoms with Crippen LogP contribution in [-0.4, -0.2) is 51.4 Å². The number of nitrogens with two attached hydrogens (primary N) is 1. The zero-order chi connectivity index (χ0) is 27.7.